The monoisotopic (exact) mass is 256 g/mol. The Kier molecular flexibility index (Phi) is 2.47. The third kappa shape index (κ3) is 1.79. The van der Waals surface area contributed by atoms with E-state index in [4.69, 9.17) is 9.47 Å². The highest BCUT2D eigenvalue weighted by Gasteiger charge is 2.37. The number of nitrogens with zero attached hydrogens (tertiary/aromatic N) is 2. The molecule has 3 heterocycles. The first-order valence-electron chi connectivity index (χ1n) is 6.76. The second kappa shape index (κ2) is 4.18. The van der Waals surface area contributed by atoms with Gasteiger partial charge in [-0.1, -0.05) is 12.1 Å². The van der Waals surface area contributed by atoms with Crippen molar-refractivity contribution in [2.45, 2.75) is 25.0 Å². The van der Waals surface area contributed by atoms with Crippen LogP contribution in [0.3, 0.4) is 0 Å². The first-order valence-corrected chi connectivity index (χ1v) is 6.76. The molecule has 0 radical (unpaired) electrons. The largest absolute Gasteiger partial charge is 0.347 e. The molecule has 1 aliphatic heterocycles. The van der Waals surface area contributed by atoms with Gasteiger partial charge >= 0.3 is 0 Å². The predicted octanol–water partition coefficient (Wildman–Crippen LogP) is 2.64. The zero-order valence-electron chi connectivity index (χ0n) is 10.7. The van der Waals surface area contributed by atoms with Gasteiger partial charge in [0.15, 0.2) is 5.79 Å². The molecule has 1 aliphatic carbocycles. The highest BCUT2D eigenvalue weighted by molar-refractivity contribution is 5.66. The van der Waals surface area contributed by atoms with Crippen molar-refractivity contribution in [3.63, 3.8) is 0 Å². The van der Waals surface area contributed by atoms with Crippen molar-refractivity contribution in [2.75, 3.05) is 13.2 Å². The van der Waals surface area contributed by atoms with Crippen LogP contribution in [0.15, 0.2) is 36.5 Å². The van der Waals surface area contributed by atoms with E-state index < -0.39 is 0 Å². The minimum absolute atomic E-state index is 0.346. The van der Waals surface area contributed by atoms with Gasteiger partial charge in [-0.25, -0.2) is 4.52 Å². The van der Waals surface area contributed by atoms with Crippen LogP contribution in [0, 0.1) is 0 Å². The lowest BCUT2D eigenvalue weighted by atomic mass is 9.92. The summed E-state index contributed by atoms with van der Waals surface area (Å²) in [6.45, 7) is 1.44. The van der Waals surface area contributed by atoms with Gasteiger partial charge in [0.2, 0.25) is 0 Å². The molecule has 98 valence electrons. The molecule has 2 aliphatic rings. The summed E-state index contributed by atoms with van der Waals surface area (Å²) >= 11 is 0. The van der Waals surface area contributed by atoms with Gasteiger partial charge in [-0.15, -0.1) is 0 Å². The Bertz CT molecular complexity index is 638. The molecule has 2 aromatic rings. The SMILES string of the molecule is C1=C(c2cccc3ccnn23)CCC2(C1)OCCO2. The Labute approximate surface area is 111 Å². The van der Waals surface area contributed by atoms with Gasteiger partial charge < -0.3 is 9.47 Å². The van der Waals surface area contributed by atoms with Gasteiger partial charge in [-0.05, 0) is 30.2 Å². The highest BCUT2D eigenvalue weighted by atomic mass is 16.7. The minimum Gasteiger partial charge on any atom is -0.347 e. The highest BCUT2D eigenvalue weighted by Crippen LogP contribution is 2.38. The quantitative estimate of drug-likeness (QED) is 0.787. The molecule has 1 fully saturated rings. The van der Waals surface area contributed by atoms with E-state index in [2.05, 4.69) is 29.4 Å². The number of aromatic nitrogens is 2. The summed E-state index contributed by atoms with van der Waals surface area (Å²) < 4.78 is 13.5. The number of allylic oxidation sites excluding steroid dienone is 1. The van der Waals surface area contributed by atoms with E-state index in [1.807, 2.05) is 16.8 Å². The number of hydrogen-bond acceptors (Lipinski definition) is 3. The minimum atomic E-state index is -0.346. The number of pyridine rings is 1. The van der Waals surface area contributed by atoms with Crippen LogP contribution in [0.5, 0.6) is 0 Å². The fourth-order valence-corrected chi connectivity index (χ4v) is 2.99. The van der Waals surface area contributed by atoms with E-state index in [0.717, 1.165) is 38.0 Å². The fraction of sp³-hybridized carbons (Fsp3) is 0.400. The normalized spacial score (nSPS) is 22.0. The Morgan fingerprint density at radius 3 is 2.84 bits per heavy atom. The predicted molar refractivity (Wildman–Crippen MR) is 71.7 cm³/mol. The summed E-state index contributed by atoms with van der Waals surface area (Å²) in [6, 6.07) is 8.31. The summed E-state index contributed by atoms with van der Waals surface area (Å²) in [5.41, 5.74) is 3.64. The third-order valence-electron chi connectivity index (χ3n) is 4.00. The molecular formula is C15H16N2O2. The van der Waals surface area contributed by atoms with Crippen LogP contribution in [-0.4, -0.2) is 28.6 Å². The molecule has 0 N–H and O–H groups in total. The number of fused-ring (bicyclic) bond motifs is 1. The van der Waals surface area contributed by atoms with Gasteiger partial charge in [0, 0.05) is 12.8 Å². The van der Waals surface area contributed by atoms with Crippen molar-refractivity contribution >= 4 is 11.1 Å². The van der Waals surface area contributed by atoms with Crippen molar-refractivity contribution < 1.29 is 9.47 Å². The molecule has 0 bridgehead atoms. The summed E-state index contributed by atoms with van der Waals surface area (Å²) in [4.78, 5) is 0. The van der Waals surface area contributed by atoms with E-state index in [9.17, 15) is 0 Å². The molecular weight excluding hydrogens is 240 g/mol. The average molecular weight is 256 g/mol. The van der Waals surface area contributed by atoms with Crippen LogP contribution in [-0.2, 0) is 9.47 Å². The zero-order chi connectivity index (χ0) is 12.7. The first-order chi connectivity index (χ1) is 9.36. The maximum atomic E-state index is 5.75. The van der Waals surface area contributed by atoms with E-state index in [-0.39, 0.29) is 5.79 Å². The number of rotatable bonds is 1. The Hall–Kier alpha value is -1.65. The van der Waals surface area contributed by atoms with E-state index in [1.165, 1.54) is 11.3 Å². The van der Waals surface area contributed by atoms with Gasteiger partial charge in [-0.2, -0.15) is 5.10 Å². The van der Waals surface area contributed by atoms with Crippen molar-refractivity contribution in [3.05, 3.63) is 42.2 Å². The summed E-state index contributed by atoms with van der Waals surface area (Å²) in [6.07, 6.45) is 6.81. The topological polar surface area (TPSA) is 35.8 Å². The molecule has 19 heavy (non-hydrogen) atoms. The molecule has 0 saturated carbocycles. The molecule has 0 atom stereocenters. The number of ether oxygens (including phenoxy) is 2. The van der Waals surface area contributed by atoms with Gasteiger partial charge in [-0.3, -0.25) is 0 Å². The Balaban J connectivity index is 1.70. The maximum Gasteiger partial charge on any atom is 0.172 e. The van der Waals surface area contributed by atoms with E-state index in [0.29, 0.717) is 0 Å². The van der Waals surface area contributed by atoms with Gasteiger partial charge in [0.05, 0.1) is 30.6 Å². The van der Waals surface area contributed by atoms with Crippen molar-refractivity contribution in [3.8, 4) is 0 Å². The van der Waals surface area contributed by atoms with Crippen molar-refractivity contribution in [2.24, 2.45) is 0 Å². The fourth-order valence-electron chi connectivity index (χ4n) is 2.99. The van der Waals surface area contributed by atoms with E-state index in [1.54, 1.807) is 0 Å². The molecule has 2 aromatic heterocycles. The Morgan fingerprint density at radius 2 is 2.05 bits per heavy atom. The lowest BCUT2D eigenvalue weighted by Crippen LogP contribution is -2.31. The second-order valence-electron chi connectivity index (χ2n) is 5.12. The molecule has 4 rings (SSSR count). The molecule has 4 nitrogen and oxygen atoms in total. The summed E-state index contributed by atoms with van der Waals surface area (Å²) in [5, 5.41) is 4.40. The Morgan fingerprint density at radius 1 is 1.16 bits per heavy atom. The lowest BCUT2D eigenvalue weighted by molar-refractivity contribution is -0.159. The smallest absolute Gasteiger partial charge is 0.172 e. The third-order valence-corrected chi connectivity index (χ3v) is 4.00. The summed E-state index contributed by atoms with van der Waals surface area (Å²) in [5.74, 6) is -0.346. The molecule has 1 spiro atoms. The summed E-state index contributed by atoms with van der Waals surface area (Å²) in [7, 11) is 0. The zero-order valence-corrected chi connectivity index (χ0v) is 10.7. The maximum absolute atomic E-state index is 5.75. The van der Waals surface area contributed by atoms with Crippen LogP contribution in [0.2, 0.25) is 0 Å². The lowest BCUT2D eigenvalue weighted by Gasteiger charge is -2.30. The molecule has 0 amide bonds. The molecule has 4 heteroatoms. The van der Waals surface area contributed by atoms with E-state index >= 15 is 0 Å². The standard InChI is InChI=1S/C15H16N2O2/c1-2-13-6-9-16-17(13)14(3-1)12-4-7-15(8-5-12)18-10-11-19-15/h1-4,6,9H,5,7-8,10-11H2. The molecule has 0 aromatic carbocycles. The van der Waals surface area contributed by atoms with Crippen LogP contribution in [0.4, 0.5) is 0 Å². The van der Waals surface area contributed by atoms with Crippen LogP contribution >= 0.6 is 0 Å². The second-order valence-corrected chi connectivity index (χ2v) is 5.12. The van der Waals surface area contributed by atoms with Gasteiger partial charge in [0.25, 0.3) is 0 Å². The number of hydrogen-bond donors (Lipinski definition) is 0. The van der Waals surface area contributed by atoms with Gasteiger partial charge in [0.1, 0.15) is 0 Å². The molecule has 0 unspecified atom stereocenters. The van der Waals surface area contributed by atoms with Crippen LogP contribution in [0.1, 0.15) is 25.0 Å². The average Bonchev–Trinajstić information content (AvgIpc) is 3.09. The van der Waals surface area contributed by atoms with Crippen molar-refractivity contribution in [1.82, 2.24) is 9.61 Å². The van der Waals surface area contributed by atoms with Crippen LogP contribution in [0.25, 0.3) is 11.1 Å². The van der Waals surface area contributed by atoms with Crippen LogP contribution < -0.4 is 0 Å². The van der Waals surface area contributed by atoms with Crippen molar-refractivity contribution in [1.29, 1.82) is 0 Å². The first kappa shape index (κ1) is 11.2. The molecule has 1 saturated heterocycles.